The summed E-state index contributed by atoms with van der Waals surface area (Å²) in [4.78, 5) is 0. The molecule has 0 saturated carbocycles. The Morgan fingerprint density at radius 1 is 0.593 bits per heavy atom. The first-order chi connectivity index (χ1) is 13.3. The molecule has 1 aromatic carbocycles. The maximum Gasteiger partial charge on any atom is 0.192 e. The van der Waals surface area contributed by atoms with E-state index >= 15 is 0 Å². The quantitative estimate of drug-likeness (QED) is 0.273. The molecule has 0 atom stereocenters. The molecule has 0 N–H and O–H groups in total. The van der Waals surface area contributed by atoms with Crippen LogP contribution in [0.15, 0.2) is 30.3 Å². The molecular weight excluding hydrogens is 360 g/mol. The van der Waals surface area contributed by atoms with Crippen molar-refractivity contribution in [2.75, 3.05) is 52.9 Å². The summed E-state index contributed by atoms with van der Waals surface area (Å²) in [6.45, 7) is 12.2. The lowest BCUT2D eigenvalue weighted by Crippen LogP contribution is -2.36. The lowest BCUT2D eigenvalue weighted by molar-refractivity contribution is -0.00693. The van der Waals surface area contributed by atoms with Crippen LogP contribution in [0.3, 0.4) is 0 Å². The molecule has 0 aromatic heterocycles. The van der Waals surface area contributed by atoms with Crippen molar-refractivity contribution in [2.45, 2.75) is 45.5 Å². The van der Waals surface area contributed by atoms with Crippen molar-refractivity contribution in [1.82, 2.24) is 0 Å². The summed E-state index contributed by atoms with van der Waals surface area (Å²) in [6, 6.07) is 13.7. The molecule has 0 aliphatic heterocycles. The molecule has 0 spiro atoms. The first-order valence-corrected chi connectivity index (χ1v) is 12.8. The molecule has 0 fully saturated rings. The molecule has 0 aliphatic carbocycles. The maximum atomic E-state index is 6.14. The lowest BCUT2D eigenvalue weighted by Gasteiger charge is -2.27. The molecule has 1 aromatic rings. The molecular formula is C21H38O5Si. The smallest absolute Gasteiger partial charge is 0.192 e. The molecule has 6 heteroatoms. The molecule has 0 radical (unpaired) electrons. The zero-order valence-electron chi connectivity index (χ0n) is 17.4. The van der Waals surface area contributed by atoms with Gasteiger partial charge in [0, 0.05) is 0 Å². The molecule has 0 unspecified atom stereocenters. The molecule has 0 aliphatic rings. The van der Waals surface area contributed by atoms with Gasteiger partial charge in [-0.15, -0.1) is 0 Å². The van der Waals surface area contributed by atoms with Crippen LogP contribution in [0.25, 0.3) is 0 Å². The fourth-order valence-electron chi connectivity index (χ4n) is 2.80. The molecule has 0 amide bonds. The van der Waals surface area contributed by atoms with Gasteiger partial charge >= 0.3 is 0 Å². The molecule has 0 heterocycles. The average Bonchev–Trinajstić information content (AvgIpc) is 2.72. The van der Waals surface area contributed by atoms with E-state index in [2.05, 4.69) is 32.9 Å². The van der Waals surface area contributed by atoms with Gasteiger partial charge in [-0.3, -0.25) is 0 Å². The van der Waals surface area contributed by atoms with Gasteiger partial charge < -0.3 is 23.4 Å². The number of hydrogen-bond acceptors (Lipinski definition) is 5. The van der Waals surface area contributed by atoms with Crippen molar-refractivity contribution in [1.29, 1.82) is 0 Å². The average molecular weight is 399 g/mol. The zero-order chi connectivity index (χ0) is 19.6. The molecule has 156 valence electrons. The topological polar surface area (TPSA) is 46.2 Å². The Labute approximate surface area is 166 Å². The third-order valence-electron chi connectivity index (χ3n) is 4.80. The zero-order valence-corrected chi connectivity index (χ0v) is 18.4. The largest absolute Gasteiger partial charge is 0.414 e. The predicted molar refractivity (Wildman–Crippen MR) is 112 cm³/mol. The predicted octanol–water partition coefficient (Wildman–Crippen LogP) is 4.27. The summed E-state index contributed by atoms with van der Waals surface area (Å²) in [5, 5.41) is 0. The molecule has 27 heavy (non-hydrogen) atoms. The molecule has 5 nitrogen and oxygen atoms in total. The van der Waals surface area contributed by atoms with Crippen LogP contribution in [0.4, 0.5) is 0 Å². The highest BCUT2D eigenvalue weighted by Crippen LogP contribution is 2.21. The van der Waals surface area contributed by atoms with Gasteiger partial charge in [0.15, 0.2) is 8.32 Å². The van der Waals surface area contributed by atoms with Gasteiger partial charge in [0.05, 0.1) is 59.5 Å². The first kappa shape index (κ1) is 24.3. The fourth-order valence-corrected chi connectivity index (χ4v) is 5.43. The van der Waals surface area contributed by atoms with Gasteiger partial charge in [0.2, 0.25) is 0 Å². The van der Waals surface area contributed by atoms with Gasteiger partial charge in [-0.05, 0) is 23.7 Å². The van der Waals surface area contributed by atoms with Gasteiger partial charge in [0.1, 0.15) is 0 Å². The second-order valence-electron chi connectivity index (χ2n) is 6.47. The minimum Gasteiger partial charge on any atom is -0.414 e. The Morgan fingerprint density at radius 3 is 1.52 bits per heavy atom. The Kier molecular flexibility index (Phi) is 14.6. The van der Waals surface area contributed by atoms with Gasteiger partial charge in [-0.25, -0.2) is 0 Å². The Bertz CT molecular complexity index is 431. The summed E-state index contributed by atoms with van der Waals surface area (Å²) < 4.78 is 28.3. The standard InChI is InChI=1S/C21H38O5Si/c1-4-27(5-2,6-3)26-19-18-24-15-14-22-12-13-23-16-17-25-20-21-10-8-7-9-11-21/h7-11H,4-6,12-20H2,1-3H3. The lowest BCUT2D eigenvalue weighted by atomic mass is 10.2. The Hall–Kier alpha value is -0.763. The first-order valence-electron chi connectivity index (χ1n) is 10.2. The summed E-state index contributed by atoms with van der Waals surface area (Å²) in [7, 11) is -1.47. The highest BCUT2D eigenvalue weighted by Gasteiger charge is 2.28. The minimum atomic E-state index is -1.47. The van der Waals surface area contributed by atoms with E-state index in [1.54, 1.807) is 0 Å². The SMILES string of the molecule is CC[Si](CC)(CC)OCCOCCOCCOCCOCc1ccccc1. The van der Waals surface area contributed by atoms with Crippen LogP contribution in [0.2, 0.25) is 18.1 Å². The number of hydrogen-bond donors (Lipinski definition) is 0. The number of ether oxygens (including phenoxy) is 4. The van der Waals surface area contributed by atoms with E-state index in [0.29, 0.717) is 59.5 Å². The van der Waals surface area contributed by atoms with Crippen LogP contribution < -0.4 is 0 Å². The summed E-state index contributed by atoms with van der Waals surface area (Å²) >= 11 is 0. The van der Waals surface area contributed by atoms with E-state index < -0.39 is 8.32 Å². The van der Waals surface area contributed by atoms with Crippen molar-refractivity contribution in [3.8, 4) is 0 Å². The van der Waals surface area contributed by atoms with Crippen molar-refractivity contribution >= 4 is 8.32 Å². The third-order valence-corrected chi connectivity index (χ3v) is 9.48. The van der Waals surface area contributed by atoms with Gasteiger partial charge in [0.25, 0.3) is 0 Å². The van der Waals surface area contributed by atoms with Crippen LogP contribution in [0.1, 0.15) is 26.3 Å². The van der Waals surface area contributed by atoms with Gasteiger partial charge in [-0.1, -0.05) is 51.1 Å². The van der Waals surface area contributed by atoms with Crippen LogP contribution in [0, 0.1) is 0 Å². The van der Waals surface area contributed by atoms with E-state index in [-0.39, 0.29) is 0 Å². The minimum absolute atomic E-state index is 0.579. The summed E-state index contributed by atoms with van der Waals surface area (Å²) in [5.41, 5.74) is 1.18. The van der Waals surface area contributed by atoms with Crippen LogP contribution in [-0.2, 0) is 30.0 Å². The van der Waals surface area contributed by atoms with Crippen LogP contribution in [0.5, 0.6) is 0 Å². The van der Waals surface area contributed by atoms with Crippen molar-refractivity contribution in [2.24, 2.45) is 0 Å². The fraction of sp³-hybridized carbons (Fsp3) is 0.714. The molecule has 1 rings (SSSR count). The molecule has 0 saturated heterocycles. The van der Waals surface area contributed by atoms with Crippen molar-refractivity contribution in [3.05, 3.63) is 35.9 Å². The highest BCUT2D eigenvalue weighted by molar-refractivity contribution is 6.73. The van der Waals surface area contributed by atoms with Crippen LogP contribution in [-0.4, -0.2) is 61.2 Å². The van der Waals surface area contributed by atoms with E-state index in [0.717, 1.165) is 0 Å². The third kappa shape index (κ3) is 11.6. The number of rotatable bonds is 18. The maximum absolute atomic E-state index is 6.14. The molecule has 0 bridgehead atoms. The second-order valence-corrected chi connectivity index (χ2v) is 11.2. The van der Waals surface area contributed by atoms with E-state index in [4.69, 9.17) is 23.4 Å². The van der Waals surface area contributed by atoms with E-state index in [9.17, 15) is 0 Å². The van der Waals surface area contributed by atoms with Crippen LogP contribution >= 0.6 is 0 Å². The number of benzene rings is 1. The van der Waals surface area contributed by atoms with E-state index in [1.807, 2.05) is 18.2 Å². The Balaban J connectivity index is 1.81. The normalized spacial score (nSPS) is 11.8. The Morgan fingerprint density at radius 2 is 1.04 bits per heavy atom. The summed E-state index contributed by atoms with van der Waals surface area (Å²) in [6.07, 6.45) is 0. The van der Waals surface area contributed by atoms with Crippen molar-refractivity contribution in [3.63, 3.8) is 0 Å². The van der Waals surface area contributed by atoms with Gasteiger partial charge in [-0.2, -0.15) is 0 Å². The van der Waals surface area contributed by atoms with E-state index in [1.165, 1.54) is 23.7 Å². The monoisotopic (exact) mass is 398 g/mol. The second kappa shape index (κ2) is 16.2. The summed E-state index contributed by atoms with van der Waals surface area (Å²) in [5.74, 6) is 0. The highest BCUT2D eigenvalue weighted by atomic mass is 28.4. The van der Waals surface area contributed by atoms with Crippen molar-refractivity contribution < 1.29 is 23.4 Å².